The van der Waals surface area contributed by atoms with Crippen LogP contribution in [-0.4, -0.2) is 0 Å². The van der Waals surface area contributed by atoms with Gasteiger partial charge in [0.15, 0.2) is 0 Å². The van der Waals surface area contributed by atoms with Crippen LogP contribution in [0.2, 0.25) is 5.02 Å². The third kappa shape index (κ3) is 2.67. The van der Waals surface area contributed by atoms with Gasteiger partial charge in [0.1, 0.15) is 5.82 Å². The minimum absolute atomic E-state index is 0.252. The zero-order chi connectivity index (χ0) is 12.6. The Labute approximate surface area is 115 Å². The first-order valence-electron chi connectivity index (χ1n) is 5.90. The van der Waals surface area contributed by atoms with Crippen LogP contribution in [0.15, 0.2) is 16.6 Å². The summed E-state index contributed by atoms with van der Waals surface area (Å²) in [4.78, 5) is 0. The summed E-state index contributed by atoms with van der Waals surface area (Å²) in [6.07, 6.45) is 3.45. The predicted molar refractivity (Wildman–Crippen MR) is 72.5 cm³/mol. The van der Waals surface area contributed by atoms with E-state index >= 15 is 0 Å². The van der Waals surface area contributed by atoms with E-state index < -0.39 is 0 Å². The summed E-state index contributed by atoms with van der Waals surface area (Å²) >= 11 is 9.22. The second-order valence-electron chi connectivity index (χ2n) is 4.89. The summed E-state index contributed by atoms with van der Waals surface area (Å²) in [7, 11) is 0. The second-order valence-corrected chi connectivity index (χ2v) is 6.15. The van der Waals surface area contributed by atoms with E-state index in [4.69, 9.17) is 17.3 Å². The first kappa shape index (κ1) is 13.3. The molecule has 3 atom stereocenters. The number of hydrogen-bond donors (Lipinski definition) is 1. The van der Waals surface area contributed by atoms with Crippen molar-refractivity contribution in [2.75, 3.05) is 0 Å². The van der Waals surface area contributed by atoms with Gasteiger partial charge in [-0.15, -0.1) is 0 Å². The summed E-state index contributed by atoms with van der Waals surface area (Å²) in [5.74, 6) is 0.654. The topological polar surface area (TPSA) is 26.0 Å². The van der Waals surface area contributed by atoms with Crippen LogP contribution in [0.5, 0.6) is 0 Å². The van der Waals surface area contributed by atoms with Crippen LogP contribution in [-0.2, 0) is 0 Å². The van der Waals surface area contributed by atoms with Crippen molar-refractivity contribution in [1.82, 2.24) is 0 Å². The molecule has 4 heteroatoms. The molecule has 0 aromatic heterocycles. The number of halogens is 3. The van der Waals surface area contributed by atoms with E-state index in [0.717, 1.165) is 6.42 Å². The summed E-state index contributed by atoms with van der Waals surface area (Å²) in [6, 6.07) is 2.80. The first-order chi connectivity index (χ1) is 8.00. The summed E-state index contributed by atoms with van der Waals surface area (Å²) < 4.78 is 14.5. The monoisotopic (exact) mass is 319 g/mol. The van der Waals surface area contributed by atoms with E-state index in [0.29, 0.717) is 26.9 Å². The molecule has 1 fully saturated rings. The lowest BCUT2D eigenvalue weighted by molar-refractivity contribution is 0.344. The molecule has 2 rings (SSSR count). The molecule has 0 bridgehead atoms. The smallest absolute Gasteiger partial charge is 0.129 e. The molecule has 1 aromatic carbocycles. The lowest BCUT2D eigenvalue weighted by Crippen LogP contribution is -2.24. The Bertz CT molecular complexity index is 424. The zero-order valence-electron chi connectivity index (χ0n) is 9.72. The minimum atomic E-state index is -0.270. The largest absolute Gasteiger partial charge is 0.324 e. The van der Waals surface area contributed by atoms with E-state index in [1.165, 1.54) is 18.9 Å². The van der Waals surface area contributed by atoms with Gasteiger partial charge in [0.2, 0.25) is 0 Å². The normalized spacial score (nSPS) is 26.2. The highest BCUT2D eigenvalue weighted by molar-refractivity contribution is 9.10. The summed E-state index contributed by atoms with van der Waals surface area (Å²) in [5.41, 5.74) is 6.74. The molecule has 0 radical (unpaired) electrons. The molecular formula is C13H16BrClFN. The third-order valence-electron chi connectivity index (χ3n) is 3.79. The van der Waals surface area contributed by atoms with E-state index in [2.05, 4.69) is 22.9 Å². The third-order valence-corrected chi connectivity index (χ3v) is 4.98. The number of hydrogen-bond acceptors (Lipinski definition) is 1. The Morgan fingerprint density at radius 1 is 1.47 bits per heavy atom. The second kappa shape index (κ2) is 5.25. The fourth-order valence-corrected chi connectivity index (χ4v) is 3.22. The highest BCUT2D eigenvalue weighted by Gasteiger charge is 2.31. The highest BCUT2D eigenvalue weighted by Crippen LogP contribution is 2.40. The molecule has 0 saturated heterocycles. The van der Waals surface area contributed by atoms with E-state index in [-0.39, 0.29) is 11.9 Å². The zero-order valence-corrected chi connectivity index (χ0v) is 12.1. The van der Waals surface area contributed by atoms with Crippen LogP contribution in [0.3, 0.4) is 0 Å². The van der Waals surface area contributed by atoms with Crippen LogP contribution in [0.25, 0.3) is 0 Å². The fraction of sp³-hybridized carbons (Fsp3) is 0.538. The number of rotatable bonds is 2. The van der Waals surface area contributed by atoms with Gasteiger partial charge in [0.05, 0.1) is 5.02 Å². The molecule has 1 nitrogen and oxygen atoms in total. The molecule has 0 spiro atoms. The van der Waals surface area contributed by atoms with Gasteiger partial charge in [-0.25, -0.2) is 4.39 Å². The standard InChI is InChI=1S/C13H16BrClFN/c1-7-3-2-4-8(7)13(17)9-5-11(15)10(14)6-12(9)16/h5-8,13H,2-4,17H2,1H3. The Hall–Kier alpha value is -0.120. The van der Waals surface area contributed by atoms with Gasteiger partial charge in [0, 0.05) is 16.1 Å². The van der Waals surface area contributed by atoms with Crippen LogP contribution in [0.4, 0.5) is 4.39 Å². The maximum atomic E-state index is 13.9. The lowest BCUT2D eigenvalue weighted by atomic mass is 9.86. The Kier molecular flexibility index (Phi) is 4.11. The van der Waals surface area contributed by atoms with E-state index in [1.807, 2.05) is 0 Å². The van der Waals surface area contributed by atoms with Crippen molar-refractivity contribution in [2.24, 2.45) is 17.6 Å². The molecular weight excluding hydrogens is 305 g/mol. The van der Waals surface area contributed by atoms with Crippen molar-refractivity contribution in [1.29, 1.82) is 0 Å². The summed E-state index contributed by atoms with van der Waals surface area (Å²) in [6.45, 7) is 2.19. The maximum Gasteiger partial charge on any atom is 0.129 e. The van der Waals surface area contributed by atoms with Gasteiger partial charge in [-0.2, -0.15) is 0 Å². The average Bonchev–Trinajstić information content (AvgIpc) is 2.69. The van der Waals surface area contributed by atoms with Crippen molar-refractivity contribution in [3.63, 3.8) is 0 Å². The van der Waals surface area contributed by atoms with Gasteiger partial charge in [0.25, 0.3) is 0 Å². The van der Waals surface area contributed by atoms with Gasteiger partial charge >= 0.3 is 0 Å². The average molecular weight is 321 g/mol. The van der Waals surface area contributed by atoms with E-state index in [1.54, 1.807) is 6.07 Å². The molecule has 1 saturated carbocycles. The van der Waals surface area contributed by atoms with Crippen LogP contribution < -0.4 is 5.73 Å². The van der Waals surface area contributed by atoms with Crippen molar-refractivity contribution in [3.8, 4) is 0 Å². The molecule has 0 heterocycles. The number of benzene rings is 1. The van der Waals surface area contributed by atoms with Crippen molar-refractivity contribution in [3.05, 3.63) is 33.0 Å². The molecule has 2 N–H and O–H groups in total. The van der Waals surface area contributed by atoms with Crippen molar-refractivity contribution < 1.29 is 4.39 Å². The molecule has 1 aliphatic rings. The molecule has 0 aliphatic heterocycles. The Balaban J connectivity index is 2.30. The quantitative estimate of drug-likeness (QED) is 0.787. The Morgan fingerprint density at radius 3 is 2.76 bits per heavy atom. The highest BCUT2D eigenvalue weighted by atomic mass is 79.9. The molecule has 94 valence electrons. The molecule has 0 amide bonds. The van der Waals surface area contributed by atoms with Crippen LogP contribution in [0.1, 0.15) is 37.8 Å². The van der Waals surface area contributed by atoms with Crippen molar-refractivity contribution in [2.45, 2.75) is 32.2 Å². The Morgan fingerprint density at radius 2 is 2.18 bits per heavy atom. The summed E-state index contributed by atoms with van der Waals surface area (Å²) in [5, 5.41) is 0.516. The SMILES string of the molecule is CC1CCCC1C(N)c1cc(Cl)c(Br)cc1F. The fourth-order valence-electron chi connectivity index (χ4n) is 2.73. The van der Waals surface area contributed by atoms with Gasteiger partial charge in [-0.1, -0.05) is 31.4 Å². The molecule has 3 unspecified atom stereocenters. The molecule has 1 aliphatic carbocycles. The lowest BCUT2D eigenvalue weighted by Gasteiger charge is -2.24. The van der Waals surface area contributed by atoms with Gasteiger partial charge in [-0.3, -0.25) is 0 Å². The van der Waals surface area contributed by atoms with Crippen LogP contribution in [0, 0.1) is 17.7 Å². The number of nitrogens with two attached hydrogens (primary N) is 1. The van der Waals surface area contributed by atoms with Gasteiger partial charge < -0.3 is 5.73 Å². The predicted octanol–water partition coefficient (Wildman–Crippen LogP) is 4.68. The van der Waals surface area contributed by atoms with E-state index in [9.17, 15) is 4.39 Å². The van der Waals surface area contributed by atoms with Gasteiger partial charge in [-0.05, 0) is 46.3 Å². The first-order valence-corrected chi connectivity index (χ1v) is 7.08. The maximum absolute atomic E-state index is 13.9. The van der Waals surface area contributed by atoms with Crippen molar-refractivity contribution >= 4 is 27.5 Å². The minimum Gasteiger partial charge on any atom is -0.324 e. The van der Waals surface area contributed by atoms with Crippen LogP contribution >= 0.6 is 27.5 Å². The molecule has 1 aromatic rings. The molecule has 17 heavy (non-hydrogen) atoms.